The number of hydrogen-bond acceptors (Lipinski definition) is 8. The molecule has 0 rings (SSSR count). The first kappa shape index (κ1) is 76.4. The minimum Gasteiger partial charge on any atom is -0.462 e. The Hall–Kier alpha value is -4.63. The summed E-state index contributed by atoms with van der Waals surface area (Å²) in [7, 11) is -4.41. The number of nitrogens with two attached hydrogens (primary N) is 1. The topological polar surface area (TPSA) is 134 Å². The van der Waals surface area contributed by atoms with E-state index >= 15 is 0 Å². The quantitative estimate of drug-likeness (QED) is 0.0264. The molecular weight excluding hydrogens is 1030 g/mol. The minimum absolute atomic E-state index is 0.0410. The number of ether oxygens (including phenoxy) is 2. The highest BCUT2D eigenvalue weighted by Crippen LogP contribution is 2.43. The van der Waals surface area contributed by atoms with E-state index in [1.54, 1.807) is 0 Å². The van der Waals surface area contributed by atoms with Crippen LogP contribution in [-0.2, 0) is 32.7 Å². The van der Waals surface area contributed by atoms with Gasteiger partial charge in [0, 0.05) is 19.4 Å². The lowest BCUT2D eigenvalue weighted by Gasteiger charge is -2.19. The molecule has 0 saturated heterocycles. The summed E-state index contributed by atoms with van der Waals surface area (Å²) >= 11 is 0. The van der Waals surface area contributed by atoms with Crippen LogP contribution in [0, 0.1) is 0 Å². The molecule has 0 fully saturated rings. The predicted octanol–water partition coefficient (Wildman–Crippen LogP) is 20.6. The molecule has 3 N–H and O–H groups in total. The number of phosphoric ester groups is 1. The molecule has 0 aromatic rings. The van der Waals surface area contributed by atoms with Crippen molar-refractivity contribution >= 4 is 19.8 Å². The predicted molar refractivity (Wildman–Crippen MR) is 348 cm³/mol. The summed E-state index contributed by atoms with van der Waals surface area (Å²) in [5, 5.41) is 0. The van der Waals surface area contributed by atoms with Gasteiger partial charge in [0.2, 0.25) is 0 Å². The largest absolute Gasteiger partial charge is 0.472 e. The number of unbranched alkanes of at least 4 members (excludes halogenated alkanes) is 16. The van der Waals surface area contributed by atoms with Crippen molar-refractivity contribution in [1.82, 2.24) is 0 Å². The monoisotopic (exact) mass is 1140 g/mol. The number of allylic oxidation sites excluding steroid dienone is 28. The van der Waals surface area contributed by atoms with Crippen LogP contribution in [0.5, 0.6) is 0 Å². The Morgan fingerprint density at radius 3 is 0.951 bits per heavy atom. The summed E-state index contributed by atoms with van der Waals surface area (Å²) in [5.41, 5.74) is 5.39. The van der Waals surface area contributed by atoms with Gasteiger partial charge in [-0.05, 0) is 128 Å². The van der Waals surface area contributed by atoms with E-state index in [0.29, 0.717) is 6.42 Å². The molecule has 0 aromatic heterocycles. The van der Waals surface area contributed by atoms with Crippen molar-refractivity contribution in [2.75, 3.05) is 26.4 Å². The zero-order valence-electron chi connectivity index (χ0n) is 50.9. The first-order valence-corrected chi connectivity index (χ1v) is 33.1. The first-order valence-electron chi connectivity index (χ1n) is 31.6. The van der Waals surface area contributed by atoms with Gasteiger partial charge >= 0.3 is 19.8 Å². The number of rotatable bonds is 57. The average molecular weight is 1140 g/mol. The van der Waals surface area contributed by atoms with Gasteiger partial charge in [-0.15, -0.1) is 0 Å². The van der Waals surface area contributed by atoms with Crippen LogP contribution in [0.2, 0.25) is 0 Å². The van der Waals surface area contributed by atoms with E-state index in [-0.39, 0.29) is 32.6 Å². The molecule has 0 aliphatic heterocycles. The normalized spacial score (nSPS) is 14.2. The van der Waals surface area contributed by atoms with Crippen LogP contribution in [-0.4, -0.2) is 49.3 Å². The SMILES string of the molecule is CC/C=C\C/C=C\C/C=C\C/C=C\C/C=C\C/C=C\C/C=C\C/C=C\C/C=C\C/C=C\CCCCCCCCC(=O)OC(COC(=O)CCCCCCCCCCCC/C=C\C/C=C\C/C=C\C/C=C\CC)COP(=O)(O)OCCN. The van der Waals surface area contributed by atoms with Gasteiger partial charge in [-0.2, -0.15) is 0 Å². The summed E-state index contributed by atoms with van der Waals surface area (Å²) in [6.07, 6.45) is 95.5. The Labute approximate surface area is 495 Å². The Morgan fingerprint density at radius 1 is 0.370 bits per heavy atom. The van der Waals surface area contributed by atoms with E-state index in [2.05, 4.69) is 184 Å². The van der Waals surface area contributed by atoms with Gasteiger partial charge in [0.05, 0.1) is 13.2 Å². The standard InChI is InChI=1S/C71H114NO8P/c1-3-5-7-9-11-13-15-17-19-21-23-25-27-28-29-30-31-32-33-34-35-36-37-38-39-40-42-44-46-48-50-52-54-56-58-60-62-64-71(74)80-69(68-79-81(75,76)78-66-65-72)67-77-70(73)63-61-59-57-55-53-51-49-47-45-43-41-26-24-22-20-18-16-14-12-10-8-6-4-2/h5-8,11-14,17-20,23-26,28-29,31-32,34-35,37-38,40,42,46,48,69H,3-4,9-10,15-16,21-22,27,30,33,36,39,41,43-45,47,49-68,72H2,1-2H3,(H,75,76)/b7-5-,8-6-,13-11-,14-12-,19-17-,20-18-,25-23-,26-24-,29-28-,32-31-,35-34-,38-37-,42-40-,48-46-. The Balaban J connectivity index is 4.05. The number of carbonyl (C=O) groups is 2. The van der Waals surface area contributed by atoms with Crippen LogP contribution < -0.4 is 5.73 Å². The van der Waals surface area contributed by atoms with Gasteiger partial charge in [0.15, 0.2) is 6.10 Å². The smallest absolute Gasteiger partial charge is 0.462 e. The van der Waals surface area contributed by atoms with Crippen molar-refractivity contribution < 1.29 is 37.6 Å². The Morgan fingerprint density at radius 2 is 0.642 bits per heavy atom. The second kappa shape index (κ2) is 64.5. The van der Waals surface area contributed by atoms with E-state index in [1.807, 2.05) is 0 Å². The number of phosphoric acid groups is 1. The highest BCUT2D eigenvalue weighted by atomic mass is 31.2. The molecule has 0 spiro atoms. The highest BCUT2D eigenvalue weighted by Gasteiger charge is 2.26. The lowest BCUT2D eigenvalue weighted by atomic mass is 10.1. The van der Waals surface area contributed by atoms with E-state index in [4.69, 9.17) is 24.3 Å². The van der Waals surface area contributed by atoms with E-state index in [9.17, 15) is 19.0 Å². The molecule has 81 heavy (non-hydrogen) atoms. The van der Waals surface area contributed by atoms with E-state index in [0.717, 1.165) is 161 Å². The summed E-state index contributed by atoms with van der Waals surface area (Å²) < 4.78 is 33.1. The third kappa shape index (κ3) is 64.4. The van der Waals surface area contributed by atoms with E-state index in [1.165, 1.54) is 38.5 Å². The maximum absolute atomic E-state index is 12.7. The third-order valence-electron chi connectivity index (χ3n) is 12.6. The molecule has 0 radical (unpaired) electrons. The van der Waals surface area contributed by atoms with Crippen LogP contribution in [0.4, 0.5) is 0 Å². The van der Waals surface area contributed by atoms with Gasteiger partial charge in [0.25, 0.3) is 0 Å². The van der Waals surface area contributed by atoms with Crippen molar-refractivity contribution in [3.63, 3.8) is 0 Å². The fourth-order valence-corrected chi connectivity index (χ4v) is 8.77. The zero-order chi connectivity index (χ0) is 58.7. The molecule has 0 bridgehead atoms. The van der Waals surface area contributed by atoms with Gasteiger partial charge in [0.1, 0.15) is 6.61 Å². The Kier molecular flexibility index (Phi) is 60.8. The van der Waals surface area contributed by atoms with Gasteiger partial charge in [-0.1, -0.05) is 261 Å². The number of carbonyl (C=O) groups excluding carboxylic acids is 2. The van der Waals surface area contributed by atoms with Crippen molar-refractivity contribution in [1.29, 1.82) is 0 Å². The lowest BCUT2D eigenvalue weighted by molar-refractivity contribution is -0.161. The molecule has 0 aliphatic carbocycles. The molecule has 2 unspecified atom stereocenters. The van der Waals surface area contributed by atoms with E-state index < -0.39 is 32.5 Å². The number of esters is 2. The molecule has 10 heteroatoms. The van der Waals surface area contributed by atoms with Gasteiger partial charge < -0.3 is 20.1 Å². The maximum Gasteiger partial charge on any atom is 0.472 e. The molecule has 9 nitrogen and oxygen atoms in total. The molecule has 0 aliphatic rings. The fraction of sp³-hybridized carbons (Fsp3) is 0.577. The van der Waals surface area contributed by atoms with Crippen LogP contribution in [0.1, 0.15) is 232 Å². The lowest BCUT2D eigenvalue weighted by Crippen LogP contribution is -2.29. The molecule has 0 heterocycles. The Bertz CT molecular complexity index is 1930. The second-order valence-corrected chi connectivity index (χ2v) is 21.6. The molecule has 2 atom stereocenters. The number of hydrogen-bond donors (Lipinski definition) is 2. The second-order valence-electron chi connectivity index (χ2n) is 20.2. The molecule has 456 valence electrons. The summed E-state index contributed by atoms with van der Waals surface area (Å²) in [6, 6.07) is 0. The van der Waals surface area contributed by atoms with Crippen LogP contribution >= 0.6 is 7.82 Å². The maximum atomic E-state index is 12.7. The van der Waals surface area contributed by atoms with Gasteiger partial charge in [-0.25, -0.2) is 4.57 Å². The van der Waals surface area contributed by atoms with Crippen molar-refractivity contribution in [3.05, 3.63) is 170 Å². The van der Waals surface area contributed by atoms with Gasteiger partial charge in [-0.3, -0.25) is 18.6 Å². The third-order valence-corrected chi connectivity index (χ3v) is 13.6. The summed E-state index contributed by atoms with van der Waals surface area (Å²) in [5.74, 6) is -0.861. The molecule has 0 aromatic carbocycles. The highest BCUT2D eigenvalue weighted by molar-refractivity contribution is 7.47. The van der Waals surface area contributed by atoms with Crippen LogP contribution in [0.25, 0.3) is 0 Å². The first-order chi connectivity index (χ1) is 39.8. The van der Waals surface area contributed by atoms with Crippen LogP contribution in [0.3, 0.4) is 0 Å². The summed E-state index contributed by atoms with van der Waals surface area (Å²) in [6.45, 7) is 3.48. The van der Waals surface area contributed by atoms with Crippen molar-refractivity contribution in [2.45, 2.75) is 238 Å². The summed E-state index contributed by atoms with van der Waals surface area (Å²) in [4.78, 5) is 35.3. The van der Waals surface area contributed by atoms with Crippen molar-refractivity contribution in [3.8, 4) is 0 Å². The van der Waals surface area contributed by atoms with Crippen LogP contribution in [0.15, 0.2) is 170 Å². The molecular formula is C71H114NO8P. The van der Waals surface area contributed by atoms with Crippen molar-refractivity contribution in [2.24, 2.45) is 5.73 Å². The average Bonchev–Trinajstić information content (AvgIpc) is 3.46. The fourth-order valence-electron chi connectivity index (χ4n) is 8.01. The molecule has 0 saturated carbocycles. The zero-order valence-corrected chi connectivity index (χ0v) is 51.8. The molecule has 0 amide bonds. The minimum atomic E-state index is -4.41.